The standard InChI is InChI=1S/C13H25FO/c1-3-5-6-7-8-9-10-13(14)11-12-15-4-2/h11H,3-10,12H2,1-2H3. The van der Waals surface area contributed by atoms with Gasteiger partial charge in [0, 0.05) is 6.61 Å². The summed E-state index contributed by atoms with van der Waals surface area (Å²) in [5, 5.41) is 0. The third-order valence-corrected chi connectivity index (χ3v) is 2.40. The molecule has 0 atom stereocenters. The van der Waals surface area contributed by atoms with Crippen LogP contribution in [-0.2, 0) is 4.74 Å². The predicted octanol–water partition coefficient (Wildman–Crippen LogP) is 4.63. The largest absolute Gasteiger partial charge is 0.378 e. The molecular weight excluding hydrogens is 191 g/mol. The molecule has 1 nitrogen and oxygen atoms in total. The highest BCUT2D eigenvalue weighted by Gasteiger charge is 1.95. The number of hydrogen-bond acceptors (Lipinski definition) is 1. The maximum atomic E-state index is 13.1. The van der Waals surface area contributed by atoms with Gasteiger partial charge in [0.15, 0.2) is 0 Å². The summed E-state index contributed by atoms with van der Waals surface area (Å²) in [6.45, 7) is 5.19. The van der Waals surface area contributed by atoms with E-state index >= 15 is 0 Å². The Bertz CT molecular complexity index is 155. The zero-order valence-electron chi connectivity index (χ0n) is 10.2. The molecule has 15 heavy (non-hydrogen) atoms. The van der Waals surface area contributed by atoms with Crippen molar-refractivity contribution in [3.8, 4) is 0 Å². The average molecular weight is 216 g/mol. The fourth-order valence-corrected chi connectivity index (χ4v) is 1.44. The van der Waals surface area contributed by atoms with Crippen molar-refractivity contribution in [3.05, 3.63) is 11.9 Å². The summed E-state index contributed by atoms with van der Waals surface area (Å²) in [5.41, 5.74) is 0. The number of hydrogen-bond donors (Lipinski definition) is 0. The van der Waals surface area contributed by atoms with Crippen LogP contribution < -0.4 is 0 Å². The third kappa shape index (κ3) is 11.6. The lowest BCUT2D eigenvalue weighted by molar-refractivity contribution is 0.176. The number of allylic oxidation sites excluding steroid dienone is 1. The van der Waals surface area contributed by atoms with Gasteiger partial charge in [-0.25, -0.2) is 4.39 Å². The smallest absolute Gasteiger partial charge is 0.0982 e. The first kappa shape index (κ1) is 14.6. The molecule has 0 aliphatic rings. The molecule has 0 rings (SSSR count). The molecule has 0 N–H and O–H groups in total. The molecule has 0 aliphatic heterocycles. The van der Waals surface area contributed by atoms with E-state index in [4.69, 9.17) is 4.74 Å². The van der Waals surface area contributed by atoms with Crippen molar-refractivity contribution in [1.82, 2.24) is 0 Å². The molecular formula is C13H25FO. The Morgan fingerprint density at radius 3 is 2.40 bits per heavy atom. The van der Waals surface area contributed by atoms with E-state index in [0.717, 1.165) is 12.8 Å². The van der Waals surface area contributed by atoms with E-state index in [2.05, 4.69) is 6.92 Å². The number of unbranched alkanes of at least 4 members (excludes halogenated alkanes) is 5. The molecule has 0 saturated carbocycles. The summed E-state index contributed by atoms with van der Waals surface area (Å²) in [6, 6.07) is 0. The number of rotatable bonds is 10. The summed E-state index contributed by atoms with van der Waals surface area (Å²) in [7, 11) is 0. The second-order valence-corrected chi connectivity index (χ2v) is 3.83. The minimum atomic E-state index is -0.0149. The molecule has 0 aromatic heterocycles. The Kier molecular flexibility index (Phi) is 11.4. The van der Waals surface area contributed by atoms with Crippen molar-refractivity contribution in [1.29, 1.82) is 0 Å². The molecule has 0 saturated heterocycles. The van der Waals surface area contributed by atoms with E-state index in [0.29, 0.717) is 19.6 Å². The van der Waals surface area contributed by atoms with Crippen LogP contribution in [0, 0.1) is 0 Å². The first-order valence-corrected chi connectivity index (χ1v) is 6.23. The number of halogens is 1. The van der Waals surface area contributed by atoms with Crippen molar-refractivity contribution < 1.29 is 9.13 Å². The maximum absolute atomic E-state index is 13.1. The average Bonchev–Trinajstić information content (AvgIpc) is 2.23. The molecule has 0 bridgehead atoms. The quantitative estimate of drug-likeness (QED) is 0.484. The second-order valence-electron chi connectivity index (χ2n) is 3.83. The number of ether oxygens (including phenoxy) is 1. The Morgan fingerprint density at radius 1 is 1.07 bits per heavy atom. The summed E-state index contributed by atoms with van der Waals surface area (Å²) in [4.78, 5) is 0. The van der Waals surface area contributed by atoms with E-state index in [1.165, 1.54) is 25.7 Å². The molecule has 0 spiro atoms. The summed E-state index contributed by atoms with van der Waals surface area (Å²) in [5.74, 6) is -0.0149. The minimum Gasteiger partial charge on any atom is -0.378 e. The van der Waals surface area contributed by atoms with Gasteiger partial charge in [0.25, 0.3) is 0 Å². The highest BCUT2D eigenvalue weighted by Crippen LogP contribution is 2.12. The molecule has 0 heterocycles. The summed E-state index contributed by atoms with van der Waals surface area (Å²) >= 11 is 0. The molecule has 90 valence electrons. The van der Waals surface area contributed by atoms with Gasteiger partial charge < -0.3 is 4.74 Å². The second kappa shape index (κ2) is 11.7. The van der Waals surface area contributed by atoms with Gasteiger partial charge in [-0.3, -0.25) is 0 Å². The van der Waals surface area contributed by atoms with Gasteiger partial charge in [0.2, 0.25) is 0 Å². The monoisotopic (exact) mass is 216 g/mol. The normalized spacial score (nSPS) is 12.1. The molecule has 0 aromatic rings. The highest BCUT2D eigenvalue weighted by molar-refractivity contribution is 4.91. The molecule has 0 aromatic carbocycles. The van der Waals surface area contributed by atoms with Crippen LogP contribution in [0.15, 0.2) is 11.9 Å². The van der Waals surface area contributed by atoms with Gasteiger partial charge in [-0.05, 0) is 25.8 Å². The van der Waals surface area contributed by atoms with Gasteiger partial charge in [-0.1, -0.05) is 39.0 Å². The Morgan fingerprint density at radius 2 is 1.73 bits per heavy atom. The van der Waals surface area contributed by atoms with Gasteiger partial charge in [-0.2, -0.15) is 0 Å². The predicted molar refractivity (Wildman–Crippen MR) is 63.7 cm³/mol. The molecule has 0 radical (unpaired) electrons. The lowest BCUT2D eigenvalue weighted by Crippen LogP contribution is -1.90. The fraction of sp³-hybridized carbons (Fsp3) is 0.846. The molecule has 0 aliphatic carbocycles. The zero-order valence-corrected chi connectivity index (χ0v) is 10.2. The van der Waals surface area contributed by atoms with Crippen LogP contribution in [0.3, 0.4) is 0 Å². The van der Waals surface area contributed by atoms with Crippen molar-refractivity contribution in [2.75, 3.05) is 13.2 Å². The van der Waals surface area contributed by atoms with Crippen LogP contribution in [-0.4, -0.2) is 13.2 Å². The first-order valence-electron chi connectivity index (χ1n) is 6.23. The fourth-order valence-electron chi connectivity index (χ4n) is 1.44. The Hall–Kier alpha value is -0.370. The van der Waals surface area contributed by atoms with Crippen LogP contribution in [0.5, 0.6) is 0 Å². The van der Waals surface area contributed by atoms with E-state index in [1.807, 2.05) is 6.92 Å². The minimum absolute atomic E-state index is 0.0149. The van der Waals surface area contributed by atoms with E-state index in [-0.39, 0.29) is 5.83 Å². The molecule has 0 fully saturated rings. The molecule has 0 unspecified atom stereocenters. The summed E-state index contributed by atoms with van der Waals surface area (Å²) in [6.07, 6.45) is 9.36. The molecule has 2 heteroatoms. The van der Waals surface area contributed by atoms with Gasteiger partial charge in [-0.15, -0.1) is 0 Å². The van der Waals surface area contributed by atoms with Crippen molar-refractivity contribution in [2.24, 2.45) is 0 Å². The Labute approximate surface area is 93.7 Å². The maximum Gasteiger partial charge on any atom is 0.0982 e. The van der Waals surface area contributed by atoms with Crippen LogP contribution in [0.4, 0.5) is 4.39 Å². The SMILES string of the molecule is CCCCCCCCC(F)=CCOCC. The van der Waals surface area contributed by atoms with E-state index < -0.39 is 0 Å². The van der Waals surface area contributed by atoms with Crippen molar-refractivity contribution in [2.45, 2.75) is 58.8 Å². The van der Waals surface area contributed by atoms with Crippen LogP contribution in [0.2, 0.25) is 0 Å². The highest BCUT2D eigenvalue weighted by atomic mass is 19.1. The topological polar surface area (TPSA) is 9.23 Å². The van der Waals surface area contributed by atoms with Gasteiger partial charge in [0.1, 0.15) is 0 Å². The lowest BCUT2D eigenvalue weighted by atomic mass is 10.1. The van der Waals surface area contributed by atoms with E-state index in [9.17, 15) is 4.39 Å². The van der Waals surface area contributed by atoms with Crippen molar-refractivity contribution in [3.63, 3.8) is 0 Å². The lowest BCUT2D eigenvalue weighted by Gasteiger charge is -2.00. The third-order valence-electron chi connectivity index (χ3n) is 2.40. The van der Waals surface area contributed by atoms with Gasteiger partial charge in [0.05, 0.1) is 12.4 Å². The van der Waals surface area contributed by atoms with Crippen LogP contribution >= 0.6 is 0 Å². The van der Waals surface area contributed by atoms with E-state index in [1.54, 1.807) is 6.08 Å². The zero-order chi connectivity index (χ0) is 11.4. The summed E-state index contributed by atoms with van der Waals surface area (Å²) < 4.78 is 18.1. The Balaban J connectivity index is 3.22. The van der Waals surface area contributed by atoms with Crippen LogP contribution in [0.1, 0.15) is 58.8 Å². The molecule has 0 amide bonds. The van der Waals surface area contributed by atoms with Crippen LogP contribution in [0.25, 0.3) is 0 Å². The van der Waals surface area contributed by atoms with Gasteiger partial charge >= 0.3 is 0 Å². The van der Waals surface area contributed by atoms with Crippen molar-refractivity contribution >= 4 is 0 Å². The first-order chi connectivity index (χ1) is 7.31.